The van der Waals surface area contributed by atoms with Crippen molar-refractivity contribution in [1.29, 1.82) is 0 Å². The van der Waals surface area contributed by atoms with Gasteiger partial charge in [-0.25, -0.2) is 0 Å². The van der Waals surface area contributed by atoms with Crippen LogP contribution in [0.1, 0.15) is 119 Å². The summed E-state index contributed by atoms with van der Waals surface area (Å²) in [6.45, 7) is 13.6. The second-order valence-electron chi connectivity index (χ2n) is 7.60. The van der Waals surface area contributed by atoms with Crippen LogP contribution in [0.5, 0.6) is 0 Å². The van der Waals surface area contributed by atoms with Crippen LogP contribution >= 0.6 is 0 Å². The Morgan fingerprint density at radius 3 is 1.05 bits per heavy atom. The highest BCUT2D eigenvalue weighted by Crippen LogP contribution is 2.42. The van der Waals surface area contributed by atoms with Gasteiger partial charge in [-0.2, -0.15) is 0 Å². The molecule has 0 aliphatic heterocycles. The Bertz CT molecular complexity index is 252. The second-order valence-corrected chi connectivity index (χ2v) is 7.60. The maximum Gasteiger partial charge on any atom is 0.134 e. The molecule has 0 rings (SSSR count). The van der Waals surface area contributed by atoms with Gasteiger partial charge in [-0.1, -0.05) is 80.1 Å². The van der Waals surface area contributed by atoms with E-state index in [4.69, 9.17) is 0 Å². The monoisotopic (exact) mass is 310 g/mol. The standard InChI is InChI=1S/C21H42O/c1-7-13-20(11-5,14-8-2)17-19(22)18-21(12-6,15-9-3)16-10-4/h7-18H2,1-6H3. The third kappa shape index (κ3) is 6.84. The first-order valence-corrected chi connectivity index (χ1v) is 9.98. The van der Waals surface area contributed by atoms with E-state index in [2.05, 4.69) is 41.5 Å². The summed E-state index contributed by atoms with van der Waals surface area (Å²) in [6, 6.07) is 0. The van der Waals surface area contributed by atoms with Crippen molar-refractivity contribution in [3.05, 3.63) is 0 Å². The van der Waals surface area contributed by atoms with Gasteiger partial charge in [0.2, 0.25) is 0 Å². The van der Waals surface area contributed by atoms with Crippen molar-refractivity contribution >= 4 is 5.78 Å². The average Bonchev–Trinajstić information content (AvgIpc) is 2.47. The molecule has 0 aromatic heterocycles. The Kier molecular flexibility index (Phi) is 11.1. The topological polar surface area (TPSA) is 17.1 Å². The molecule has 0 fully saturated rings. The van der Waals surface area contributed by atoms with E-state index in [1.54, 1.807) is 0 Å². The molecule has 0 heterocycles. The first kappa shape index (κ1) is 21.7. The summed E-state index contributed by atoms with van der Waals surface area (Å²) in [5, 5.41) is 0. The molecular weight excluding hydrogens is 268 g/mol. The highest BCUT2D eigenvalue weighted by Gasteiger charge is 2.34. The molecule has 1 heteroatoms. The lowest BCUT2D eigenvalue weighted by Gasteiger charge is -2.36. The summed E-state index contributed by atoms with van der Waals surface area (Å²) in [6.07, 6.45) is 13.6. The predicted octanol–water partition coefficient (Wildman–Crippen LogP) is 7.33. The fourth-order valence-electron chi connectivity index (χ4n) is 4.58. The van der Waals surface area contributed by atoms with Crippen molar-refractivity contribution in [3.63, 3.8) is 0 Å². The SMILES string of the molecule is CCCC(CC)(CCC)CC(=O)CC(CC)(CCC)CCC. The molecule has 0 aromatic carbocycles. The molecule has 22 heavy (non-hydrogen) atoms. The zero-order valence-electron chi connectivity index (χ0n) is 16.4. The number of hydrogen-bond acceptors (Lipinski definition) is 1. The fourth-order valence-corrected chi connectivity index (χ4v) is 4.58. The van der Waals surface area contributed by atoms with Crippen molar-refractivity contribution in [1.82, 2.24) is 0 Å². The molecule has 0 N–H and O–H groups in total. The summed E-state index contributed by atoms with van der Waals surface area (Å²) in [5.41, 5.74) is 0.553. The fraction of sp³-hybridized carbons (Fsp3) is 0.952. The first-order chi connectivity index (χ1) is 10.5. The third-order valence-electron chi connectivity index (χ3n) is 5.77. The van der Waals surface area contributed by atoms with E-state index < -0.39 is 0 Å². The molecule has 0 unspecified atom stereocenters. The van der Waals surface area contributed by atoms with Gasteiger partial charge in [0.05, 0.1) is 0 Å². The van der Waals surface area contributed by atoms with Crippen LogP contribution in [-0.2, 0) is 4.79 Å². The van der Waals surface area contributed by atoms with Gasteiger partial charge in [0.1, 0.15) is 5.78 Å². The molecule has 0 amide bonds. The van der Waals surface area contributed by atoms with Crippen LogP contribution in [0.3, 0.4) is 0 Å². The van der Waals surface area contributed by atoms with Gasteiger partial charge >= 0.3 is 0 Å². The van der Waals surface area contributed by atoms with Crippen LogP contribution in [0.15, 0.2) is 0 Å². The van der Waals surface area contributed by atoms with Gasteiger partial charge in [-0.05, 0) is 36.5 Å². The van der Waals surface area contributed by atoms with Crippen molar-refractivity contribution < 1.29 is 4.79 Å². The van der Waals surface area contributed by atoms with Crippen LogP contribution in [0.2, 0.25) is 0 Å². The van der Waals surface area contributed by atoms with Gasteiger partial charge in [-0.15, -0.1) is 0 Å². The normalized spacial score (nSPS) is 12.6. The summed E-state index contributed by atoms with van der Waals surface area (Å²) >= 11 is 0. The summed E-state index contributed by atoms with van der Waals surface area (Å²) < 4.78 is 0. The maximum absolute atomic E-state index is 12.9. The second kappa shape index (κ2) is 11.2. The van der Waals surface area contributed by atoms with Crippen LogP contribution in [0.25, 0.3) is 0 Å². The van der Waals surface area contributed by atoms with E-state index in [0.717, 1.165) is 25.7 Å². The Balaban J connectivity index is 4.97. The number of hydrogen-bond donors (Lipinski definition) is 0. The Morgan fingerprint density at radius 1 is 0.591 bits per heavy atom. The van der Waals surface area contributed by atoms with E-state index in [1.165, 1.54) is 51.4 Å². The molecule has 132 valence electrons. The minimum absolute atomic E-state index is 0.276. The number of rotatable bonds is 14. The molecule has 0 radical (unpaired) electrons. The van der Waals surface area contributed by atoms with E-state index in [1.807, 2.05) is 0 Å². The van der Waals surface area contributed by atoms with Crippen molar-refractivity contribution in [2.75, 3.05) is 0 Å². The number of ketones is 1. The molecule has 0 spiro atoms. The van der Waals surface area contributed by atoms with Crippen molar-refractivity contribution in [3.8, 4) is 0 Å². The number of carbonyl (C=O) groups is 1. The largest absolute Gasteiger partial charge is 0.300 e. The smallest absolute Gasteiger partial charge is 0.134 e. The maximum atomic E-state index is 12.9. The highest BCUT2D eigenvalue weighted by molar-refractivity contribution is 5.79. The molecular formula is C21H42O. The lowest BCUT2D eigenvalue weighted by atomic mass is 9.68. The molecule has 0 aromatic rings. The number of carbonyl (C=O) groups excluding carboxylic acids is 1. The summed E-state index contributed by atoms with van der Waals surface area (Å²) in [4.78, 5) is 12.9. The molecule has 0 saturated carbocycles. The first-order valence-electron chi connectivity index (χ1n) is 9.98. The molecule has 0 bridgehead atoms. The van der Waals surface area contributed by atoms with Crippen LogP contribution in [0.4, 0.5) is 0 Å². The molecule has 1 nitrogen and oxygen atoms in total. The van der Waals surface area contributed by atoms with Crippen LogP contribution in [-0.4, -0.2) is 5.78 Å². The van der Waals surface area contributed by atoms with E-state index in [-0.39, 0.29) is 10.8 Å². The molecule has 0 saturated heterocycles. The summed E-state index contributed by atoms with van der Waals surface area (Å²) in [7, 11) is 0. The van der Waals surface area contributed by atoms with Gasteiger partial charge < -0.3 is 0 Å². The highest BCUT2D eigenvalue weighted by atomic mass is 16.1. The quantitative estimate of drug-likeness (QED) is 0.328. The van der Waals surface area contributed by atoms with Gasteiger partial charge in [0, 0.05) is 12.8 Å². The lowest BCUT2D eigenvalue weighted by Crippen LogP contribution is -2.29. The minimum atomic E-state index is 0.276. The van der Waals surface area contributed by atoms with Crippen LogP contribution < -0.4 is 0 Å². The zero-order valence-corrected chi connectivity index (χ0v) is 16.4. The molecule has 0 aliphatic carbocycles. The Hall–Kier alpha value is -0.330. The van der Waals surface area contributed by atoms with E-state index >= 15 is 0 Å². The molecule has 0 atom stereocenters. The van der Waals surface area contributed by atoms with Crippen molar-refractivity contribution in [2.45, 2.75) is 119 Å². The third-order valence-corrected chi connectivity index (χ3v) is 5.77. The van der Waals surface area contributed by atoms with Gasteiger partial charge in [0.15, 0.2) is 0 Å². The molecule has 0 aliphatic rings. The van der Waals surface area contributed by atoms with Gasteiger partial charge in [0.25, 0.3) is 0 Å². The zero-order chi connectivity index (χ0) is 17.1. The summed E-state index contributed by atoms with van der Waals surface area (Å²) in [5.74, 6) is 0.535. The lowest BCUT2D eigenvalue weighted by molar-refractivity contribution is -0.124. The Labute approximate surface area is 140 Å². The predicted molar refractivity (Wildman–Crippen MR) is 99.3 cm³/mol. The van der Waals surface area contributed by atoms with Crippen LogP contribution in [0, 0.1) is 10.8 Å². The van der Waals surface area contributed by atoms with Crippen molar-refractivity contribution in [2.24, 2.45) is 10.8 Å². The van der Waals surface area contributed by atoms with E-state index in [0.29, 0.717) is 5.78 Å². The average molecular weight is 311 g/mol. The number of Topliss-reactive ketones (excluding diaryl/α,β-unsaturated/α-hetero) is 1. The Morgan fingerprint density at radius 2 is 0.864 bits per heavy atom. The van der Waals surface area contributed by atoms with Gasteiger partial charge in [-0.3, -0.25) is 4.79 Å². The minimum Gasteiger partial charge on any atom is -0.300 e. The van der Waals surface area contributed by atoms with E-state index in [9.17, 15) is 4.79 Å².